The maximum Gasteiger partial charge on any atom is 0.326 e. The zero-order valence-corrected chi connectivity index (χ0v) is 16.6. The molecule has 3 heterocycles. The minimum Gasteiger partial charge on any atom is -0.362 e. The van der Waals surface area contributed by atoms with E-state index in [-0.39, 0.29) is 11.5 Å². The minimum atomic E-state index is -1.20. The number of allylic oxidation sites excluding steroid dienone is 1. The number of rotatable bonds is 6. The van der Waals surface area contributed by atoms with E-state index in [1.165, 1.54) is 6.21 Å². The van der Waals surface area contributed by atoms with Crippen LogP contribution in [0.1, 0.15) is 11.1 Å². The van der Waals surface area contributed by atoms with E-state index in [0.717, 1.165) is 32.9 Å². The quantitative estimate of drug-likeness (QED) is 0.244. The van der Waals surface area contributed by atoms with Gasteiger partial charge in [-0.2, -0.15) is 0 Å². The van der Waals surface area contributed by atoms with Crippen LogP contribution in [0, 0.1) is 10.1 Å². The Labute approximate surface area is 177 Å². The maximum absolute atomic E-state index is 11.5. The molecule has 9 nitrogen and oxygen atoms in total. The number of nitrogens with one attached hydrogen (secondary N) is 4. The van der Waals surface area contributed by atoms with Gasteiger partial charge in [-0.3, -0.25) is 15.8 Å². The zero-order valence-electron chi connectivity index (χ0n) is 16.6. The molecule has 4 aromatic rings. The van der Waals surface area contributed by atoms with Crippen molar-refractivity contribution in [3.63, 3.8) is 0 Å². The van der Waals surface area contributed by atoms with Crippen LogP contribution in [0.15, 0.2) is 77.4 Å². The number of hydrogen-bond acceptors (Lipinski definition) is 6. The second kappa shape index (κ2) is 7.29. The van der Waals surface area contributed by atoms with E-state index in [9.17, 15) is 10.1 Å². The summed E-state index contributed by atoms with van der Waals surface area (Å²) in [5.41, 5.74) is 10.4. The lowest BCUT2D eigenvalue weighted by Crippen LogP contribution is -2.57. The smallest absolute Gasteiger partial charge is 0.326 e. The summed E-state index contributed by atoms with van der Waals surface area (Å²) in [6.45, 7) is 0.403. The van der Waals surface area contributed by atoms with Crippen molar-refractivity contribution in [1.29, 1.82) is 0 Å². The third kappa shape index (κ3) is 3.74. The number of aromatic amines is 2. The van der Waals surface area contributed by atoms with Crippen molar-refractivity contribution in [1.82, 2.24) is 20.6 Å². The Kier molecular flexibility index (Phi) is 4.45. The molecule has 0 aliphatic carbocycles. The summed E-state index contributed by atoms with van der Waals surface area (Å²) in [4.78, 5) is 21.6. The molecular weight excluding hydrogens is 394 g/mol. The van der Waals surface area contributed by atoms with Gasteiger partial charge in [0.1, 0.15) is 6.21 Å². The number of nitrogens with zero attached hydrogens (tertiary/aromatic N) is 2. The van der Waals surface area contributed by atoms with Crippen molar-refractivity contribution in [2.75, 3.05) is 0 Å². The number of nitro groups is 1. The molecule has 156 valence electrons. The van der Waals surface area contributed by atoms with Crippen LogP contribution in [0.3, 0.4) is 0 Å². The Bertz CT molecular complexity index is 1350. The zero-order chi connectivity index (χ0) is 21.4. The highest BCUT2D eigenvalue weighted by molar-refractivity contribution is 5.81. The van der Waals surface area contributed by atoms with E-state index in [1.807, 2.05) is 60.9 Å². The normalized spacial score (nSPS) is 18.5. The highest BCUT2D eigenvalue weighted by atomic mass is 16.6. The van der Waals surface area contributed by atoms with E-state index in [2.05, 4.69) is 25.6 Å². The molecule has 1 aliphatic rings. The maximum atomic E-state index is 11.5. The summed E-state index contributed by atoms with van der Waals surface area (Å²) in [6.07, 6.45) is 5.35. The molecule has 0 spiro atoms. The number of aliphatic imine (C=N–C) groups is 1. The van der Waals surface area contributed by atoms with Crippen molar-refractivity contribution in [3.8, 4) is 0 Å². The highest BCUT2D eigenvalue weighted by Gasteiger charge is 2.33. The van der Waals surface area contributed by atoms with Crippen LogP contribution < -0.4 is 16.4 Å². The van der Waals surface area contributed by atoms with Crippen LogP contribution in [0.25, 0.3) is 21.8 Å². The number of H-pyrrole nitrogens is 2. The summed E-state index contributed by atoms with van der Waals surface area (Å²) in [7, 11) is 0. The molecule has 1 atom stereocenters. The molecule has 1 unspecified atom stereocenters. The van der Waals surface area contributed by atoms with Crippen molar-refractivity contribution in [2.45, 2.75) is 18.8 Å². The molecule has 1 aliphatic heterocycles. The van der Waals surface area contributed by atoms with Crippen molar-refractivity contribution in [3.05, 3.63) is 93.7 Å². The van der Waals surface area contributed by atoms with Gasteiger partial charge in [-0.15, -0.1) is 0 Å². The first-order valence-corrected chi connectivity index (χ1v) is 9.86. The molecule has 0 amide bonds. The van der Waals surface area contributed by atoms with Crippen LogP contribution in [-0.2, 0) is 13.0 Å². The first-order valence-electron chi connectivity index (χ1n) is 9.86. The summed E-state index contributed by atoms with van der Waals surface area (Å²) < 4.78 is 0. The Hall–Kier alpha value is -4.11. The Morgan fingerprint density at radius 3 is 2.32 bits per heavy atom. The van der Waals surface area contributed by atoms with Crippen molar-refractivity contribution < 1.29 is 4.92 Å². The number of hydrogen-bond donors (Lipinski definition) is 5. The van der Waals surface area contributed by atoms with E-state index in [1.54, 1.807) is 0 Å². The lowest BCUT2D eigenvalue weighted by atomic mass is 10.0. The van der Waals surface area contributed by atoms with E-state index < -0.39 is 10.7 Å². The second-order valence-electron chi connectivity index (χ2n) is 7.65. The van der Waals surface area contributed by atoms with Gasteiger partial charge in [-0.1, -0.05) is 12.1 Å². The second-order valence-corrected chi connectivity index (χ2v) is 7.65. The standard InChI is InChI=1S/C22H21N7O2/c23-22(11-14-1-3-18-16(9-14)5-7-24-18)27-13-20(29(30)31)21(28-22)26-12-15-2-4-19-17(10-15)6-8-25-19/h1-10,13,24-26,28H,11-12,23H2. The molecule has 9 heteroatoms. The van der Waals surface area contributed by atoms with Crippen molar-refractivity contribution >= 4 is 28.0 Å². The van der Waals surface area contributed by atoms with Gasteiger partial charge in [0, 0.05) is 36.4 Å². The number of aromatic nitrogens is 2. The fourth-order valence-electron chi connectivity index (χ4n) is 3.84. The molecule has 6 N–H and O–H groups in total. The topological polar surface area (TPSA) is 137 Å². The molecule has 2 aromatic heterocycles. The van der Waals surface area contributed by atoms with E-state index in [4.69, 9.17) is 5.73 Å². The van der Waals surface area contributed by atoms with Gasteiger partial charge in [0.2, 0.25) is 0 Å². The highest BCUT2D eigenvalue weighted by Crippen LogP contribution is 2.21. The molecule has 31 heavy (non-hydrogen) atoms. The van der Waals surface area contributed by atoms with Gasteiger partial charge in [-0.05, 0) is 58.3 Å². The molecule has 5 rings (SSSR count). The van der Waals surface area contributed by atoms with Crippen LogP contribution in [0.5, 0.6) is 0 Å². The lowest BCUT2D eigenvalue weighted by Gasteiger charge is -2.31. The average molecular weight is 415 g/mol. The van der Waals surface area contributed by atoms with Gasteiger partial charge < -0.3 is 20.6 Å². The van der Waals surface area contributed by atoms with Gasteiger partial charge in [0.05, 0.1) is 4.92 Å². The Morgan fingerprint density at radius 2 is 1.65 bits per heavy atom. The molecule has 0 radical (unpaired) electrons. The summed E-state index contributed by atoms with van der Waals surface area (Å²) in [5, 5.41) is 19.9. The fraction of sp³-hybridized carbons (Fsp3) is 0.136. The summed E-state index contributed by atoms with van der Waals surface area (Å²) in [5.74, 6) is -0.949. The van der Waals surface area contributed by atoms with Crippen LogP contribution in [-0.4, -0.2) is 26.9 Å². The first kappa shape index (κ1) is 18.9. The Morgan fingerprint density at radius 1 is 1.00 bits per heavy atom. The minimum absolute atomic E-state index is 0.148. The SMILES string of the molecule is NC1(Cc2ccc3[nH]ccc3c2)N=CC([N+](=O)[O-])=C(NCc2ccc3[nH]ccc3c2)N1. The molecule has 0 fully saturated rings. The summed E-state index contributed by atoms with van der Waals surface area (Å²) in [6, 6.07) is 15.9. The fourth-order valence-corrected chi connectivity index (χ4v) is 3.84. The van der Waals surface area contributed by atoms with E-state index >= 15 is 0 Å². The number of nitrogens with two attached hydrogens (primary N) is 1. The van der Waals surface area contributed by atoms with Crippen LogP contribution in [0.4, 0.5) is 0 Å². The third-order valence-corrected chi connectivity index (χ3v) is 5.39. The van der Waals surface area contributed by atoms with Crippen molar-refractivity contribution in [2.24, 2.45) is 10.7 Å². The predicted octanol–water partition coefficient (Wildman–Crippen LogP) is 2.71. The predicted molar refractivity (Wildman–Crippen MR) is 120 cm³/mol. The van der Waals surface area contributed by atoms with Gasteiger partial charge in [0.15, 0.2) is 11.6 Å². The van der Waals surface area contributed by atoms with Gasteiger partial charge in [-0.25, -0.2) is 4.99 Å². The Balaban J connectivity index is 1.36. The molecular formula is C22H21N7O2. The monoisotopic (exact) mass is 415 g/mol. The van der Waals surface area contributed by atoms with Gasteiger partial charge in [0.25, 0.3) is 0 Å². The third-order valence-electron chi connectivity index (χ3n) is 5.39. The molecule has 0 bridgehead atoms. The largest absolute Gasteiger partial charge is 0.362 e. The van der Waals surface area contributed by atoms with Crippen LogP contribution >= 0.6 is 0 Å². The first-order chi connectivity index (χ1) is 15.0. The van der Waals surface area contributed by atoms with E-state index in [0.29, 0.717) is 13.0 Å². The number of benzene rings is 2. The molecule has 0 saturated heterocycles. The molecule has 0 saturated carbocycles. The van der Waals surface area contributed by atoms with Crippen LogP contribution in [0.2, 0.25) is 0 Å². The molecule has 2 aromatic carbocycles. The average Bonchev–Trinajstić information content (AvgIpc) is 3.40. The number of fused-ring (bicyclic) bond motifs is 2. The summed E-state index contributed by atoms with van der Waals surface area (Å²) >= 11 is 0. The van der Waals surface area contributed by atoms with Gasteiger partial charge >= 0.3 is 5.70 Å². The lowest BCUT2D eigenvalue weighted by molar-refractivity contribution is -0.416.